The molecule has 156 valence electrons. The molecule has 0 aliphatic carbocycles. The molecule has 0 fully saturated rings. The van der Waals surface area contributed by atoms with Gasteiger partial charge in [0.05, 0.1) is 5.56 Å². The fourth-order valence-corrected chi connectivity index (χ4v) is 2.80. The second kappa shape index (κ2) is 8.31. The molecule has 0 unspecified atom stereocenters. The molecule has 0 spiro atoms. The van der Waals surface area contributed by atoms with Crippen molar-refractivity contribution in [2.24, 2.45) is 0 Å². The molecule has 0 aliphatic rings. The van der Waals surface area contributed by atoms with E-state index in [2.05, 4.69) is 20.8 Å². The van der Waals surface area contributed by atoms with E-state index in [1.807, 2.05) is 18.2 Å². The van der Waals surface area contributed by atoms with Crippen LogP contribution in [-0.4, -0.2) is 16.2 Å². The van der Waals surface area contributed by atoms with Crippen LogP contribution >= 0.6 is 0 Å². The quantitative estimate of drug-likeness (QED) is 0.417. The first-order valence-electron chi connectivity index (χ1n) is 9.13. The molecule has 1 aromatic heterocycles. The summed E-state index contributed by atoms with van der Waals surface area (Å²) in [6, 6.07) is 19.9. The van der Waals surface area contributed by atoms with Crippen molar-refractivity contribution in [3.8, 4) is 22.8 Å². The number of rotatable bonds is 4. The van der Waals surface area contributed by atoms with E-state index in [1.165, 1.54) is 12.1 Å². The Hall–Kier alpha value is -4.14. The van der Waals surface area contributed by atoms with Crippen LogP contribution < -0.4 is 10.6 Å². The molecule has 0 saturated carbocycles. The van der Waals surface area contributed by atoms with Crippen molar-refractivity contribution in [2.75, 3.05) is 10.6 Å². The Morgan fingerprint density at radius 3 is 2.16 bits per heavy atom. The largest absolute Gasteiger partial charge is 0.416 e. The highest BCUT2D eigenvalue weighted by Crippen LogP contribution is 2.32. The number of nitrogens with one attached hydrogen (secondary N) is 2. The first-order chi connectivity index (χ1) is 14.9. The maximum atomic E-state index is 12.9. The zero-order valence-corrected chi connectivity index (χ0v) is 15.9. The second-order valence-electron chi connectivity index (χ2n) is 6.52. The van der Waals surface area contributed by atoms with Gasteiger partial charge in [0.15, 0.2) is 0 Å². The summed E-state index contributed by atoms with van der Waals surface area (Å²) in [5, 5.41) is 9.17. The molecule has 4 aromatic rings. The second-order valence-corrected chi connectivity index (χ2v) is 6.52. The molecule has 2 amide bonds. The number of carbonyl (C=O) groups excluding carboxylic acids is 1. The molecule has 0 saturated heterocycles. The lowest BCUT2D eigenvalue weighted by Gasteiger charge is -2.07. The van der Waals surface area contributed by atoms with Crippen LogP contribution in [-0.2, 0) is 6.18 Å². The van der Waals surface area contributed by atoms with Crippen molar-refractivity contribution in [1.82, 2.24) is 10.1 Å². The molecule has 4 rings (SSSR count). The number of hydrogen-bond acceptors (Lipinski definition) is 4. The number of urea groups is 1. The molecular formula is C22H15F3N4O2. The van der Waals surface area contributed by atoms with E-state index in [0.717, 1.165) is 12.1 Å². The van der Waals surface area contributed by atoms with Gasteiger partial charge in [0.2, 0.25) is 5.82 Å². The fraction of sp³-hybridized carbons (Fsp3) is 0.0455. The molecule has 0 aliphatic heterocycles. The predicted octanol–water partition coefficient (Wildman–Crippen LogP) is 6.07. The third-order valence-corrected chi connectivity index (χ3v) is 4.30. The molecule has 1 heterocycles. The van der Waals surface area contributed by atoms with Crippen LogP contribution in [0.5, 0.6) is 0 Å². The van der Waals surface area contributed by atoms with E-state index in [9.17, 15) is 18.0 Å². The number of carbonyl (C=O) groups is 1. The Kier molecular flexibility index (Phi) is 5.40. The van der Waals surface area contributed by atoms with Gasteiger partial charge in [0.25, 0.3) is 5.89 Å². The number of anilines is 2. The molecule has 3 aromatic carbocycles. The molecule has 6 nitrogen and oxygen atoms in total. The maximum Gasteiger partial charge on any atom is 0.416 e. The minimum absolute atomic E-state index is 0.0468. The summed E-state index contributed by atoms with van der Waals surface area (Å²) in [7, 11) is 0. The number of nitrogens with zero attached hydrogens (tertiary/aromatic N) is 2. The van der Waals surface area contributed by atoms with Crippen molar-refractivity contribution in [3.63, 3.8) is 0 Å². The molecule has 0 bridgehead atoms. The van der Waals surface area contributed by atoms with Gasteiger partial charge in [-0.15, -0.1) is 0 Å². The minimum Gasteiger partial charge on any atom is -0.334 e. The Labute approximate surface area is 174 Å². The predicted molar refractivity (Wildman–Crippen MR) is 109 cm³/mol. The summed E-state index contributed by atoms with van der Waals surface area (Å²) >= 11 is 0. The molecule has 31 heavy (non-hydrogen) atoms. The van der Waals surface area contributed by atoms with Gasteiger partial charge in [0.1, 0.15) is 0 Å². The summed E-state index contributed by atoms with van der Waals surface area (Å²) < 4.78 is 43.9. The van der Waals surface area contributed by atoms with E-state index in [0.29, 0.717) is 16.9 Å². The van der Waals surface area contributed by atoms with Gasteiger partial charge >= 0.3 is 12.2 Å². The summed E-state index contributed by atoms with van der Waals surface area (Å²) in [6.07, 6.45) is -4.46. The van der Waals surface area contributed by atoms with Crippen LogP contribution in [0.3, 0.4) is 0 Å². The molecule has 0 atom stereocenters. The number of halogens is 3. The zero-order valence-electron chi connectivity index (χ0n) is 15.9. The average molecular weight is 424 g/mol. The van der Waals surface area contributed by atoms with Gasteiger partial charge in [-0.3, -0.25) is 0 Å². The highest BCUT2D eigenvalue weighted by atomic mass is 19.4. The van der Waals surface area contributed by atoms with Gasteiger partial charge in [-0.25, -0.2) is 4.79 Å². The Bertz CT molecular complexity index is 1190. The normalized spacial score (nSPS) is 11.2. The van der Waals surface area contributed by atoms with Crippen LogP contribution in [0, 0.1) is 0 Å². The van der Waals surface area contributed by atoms with E-state index >= 15 is 0 Å². The zero-order chi connectivity index (χ0) is 21.8. The summed E-state index contributed by atoms with van der Waals surface area (Å²) in [6.45, 7) is 0. The van der Waals surface area contributed by atoms with E-state index in [1.54, 1.807) is 36.4 Å². The number of amides is 2. The maximum absolute atomic E-state index is 12.9. The van der Waals surface area contributed by atoms with Crippen molar-refractivity contribution < 1.29 is 22.5 Å². The average Bonchev–Trinajstić information content (AvgIpc) is 3.25. The van der Waals surface area contributed by atoms with Crippen molar-refractivity contribution in [1.29, 1.82) is 0 Å². The summed E-state index contributed by atoms with van der Waals surface area (Å²) in [5.74, 6) is 0.193. The number of aromatic nitrogens is 2. The van der Waals surface area contributed by atoms with Gasteiger partial charge in [-0.05, 0) is 48.5 Å². The molecule has 0 radical (unpaired) electrons. The molecular weight excluding hydrogens is 409 g/mol. The van der Waals surface area contributed by atoms with Gasteiger partial charge in [-0.1, -0.05) is 35.5 Å². The first kappa shape index (κ1) is 20.1. The SMILES string of the molecule is O=C(Nc1ccccc1)Nc1ccc(-c2nc(-c3cccc(C(F)(F)F)c3)no2)cc1. The highest BCUT2D eigenvalue weighted by Gasteiger charge is 2.30. The van der Waals surface area contributed by atoms with Crippen molar-refractivity contribution >= 4 is 17.4 Å². The van der Waals surface area contributed by atoms with E-state index in [4.69, 9.17) is 4.52 Å². The smallest absolute Gasteiger partial charge is 0.334 e. The van der Waals surface area contributed by atoms with Crippen LogP contribution in [0.4, 0.5) is 29.3 Å². The molecule has 9 heteroatoms. The molecule has 2 N–H and O–H groups in total. The summed E-state index contributed by atoms with van der Waals surface area (Å²) in [4.78, 5) is 16.2. The van der Waals surface area contributed by atoms with Crippen LogP contribution in [0.15, 0.2) is 83.4 Å². The van der Waals surface area contributed by atoms with Crippen LogP contribution in [0.1, 0.15) is 5.56 Å². The Morgan fingerprint density at radius 2 is 1.48 bits per heavy atom. The number of hydrogen-bond donors (Lipinski definition) is 2. The summed E-state index contributed by atoms with van der Waals surface area (Å²) in [5.41, 5.74) is 1.15. The topological polar surface area (TPSA) is 80.0 Å². The Morgan fingerprint density at radius 1 is 0.806 bits per heavy atom. The van der Waals surface area contributed by atoms with E-state index < -0.39 is 17.8 Å². The third-order valence-electron chi connectivity index (χ3n) is 4.30. The number of benzene rings is 3. The van der Waals surface area contributed by atoms with Gasteiger partial charge in [0, 0.05) is 22.5 Å². The number of alkyl halides is 3. The van der Waals surface area contributed by atoms with Gasteiger partial charge < -0.3 is 15.2 Å². The lowest BCUT2D eigenvalue weighted by Crippen LogP contribution is -2.19. The first-order valence-corrected chi connectivity index (χ1v) is 9.13. The fourth-order valence-electron chi connectivity index (χ4n) is 2.80. The van der Waals surface area contributed by atoms with Crippen LogP contribution in [0.2, 0.25) is 0 Å². The third kappa shape index (κ3) is 4.89. The standard InChI is InChI=1S/C22H15F3N4O2/c23-22(24,25)16-6-4-5-15(13-16)19-28-20(31-29-19)14-9-11-18(12-10-14)27-21(30)26-17-7-2-1-3-8-17/h1-13H,(H2,26,27,30). The van der Waals surface area contributed by atoms with Crippen molar-refractivity contribution in [2.45, 2.75) is 6.18 Å². The number of para-hydroxylation sites is 1. The Balaban J connectivity index is 1.45. The lowest BCUT2D eigenvalue weighted by molar-refractivity contribution is -0.137. The van der Waals surface area contributed by atoms with Crippen LogP contribution in [0.25, 0.3) is 22.8 Å². The monoisotopic (exact) mass is 424 g/mol. The van der Waals surface area contributed by atoms with E-state index in [-0.39, 0.29) is 17.3 Å². The minimum atomic E-state index is -4.46. The van der Waals surface area contributed by atoms with Gasteiger partial charge in [-0.2, -0.15) is 18.2 Å². The lowest BCUT2D eigenvalue weighted by atomic mass is 10.1. The van der Waals surface area contributed by atoms with Crippen molar-refractivity contribution in [3.05, 3.63) is 84.4 Å². The highest BCUT2D eigenvalue weighted by molar-refractivity contribution is 5.99.